The maximum atomic E-state index is 11.0. The number of benzene rings is 1. The number of hydrogen-bond acceptors (Lipinski definition) is 2. The molecule has 1 aromatic rings. The normalized spacial score (nSPS) is 11.7. The molecule has 0 saturated heterocycles. The summed E-state index contributed by atoms with van der Waals surface area (Å²) in [4.78, 5) is 0.0745. The molecule has 0 atom stereocenters. The van der Waals surface area contributed by atoms with Crippen LogP contribution in [0.25, 0.3) is 0 Å². The average Bonchev–Trinajstić information content (AvgIpc) is 1.98. The highest BCUT2D eigenvalue weighted by molar-refractivity contribution is 9.10. The van der Waals surface area contributed by atoms with Crippen LogP contribution < -0.4 is 0 Å². The second-order valence-corrected chi connectivity index (χ2v) is 6.16. The number of halogens is 3. The van der Waals surface area contributed by atoms with Crippen molar-refractivity contribution in [2.75, 3.05) is 0 Å². The zero-order valence-corrected chi connectivity index (χ0v) is 10.4. The lowest BCUT2D eigenvalue weighted by molar-refractivity contribution is 0.609. The molecule has 0 saturated carbocycles. The predicted octanol–water partition coefficient (Wildman–Crippen LogP) is 3.34. The van der Waals surface area contributed by atoms with Crippen LogP contribution in [-0.2, 0) is 9.05 Å². The Morgan fingerprint density at radius 1 is 1.38 bits per heavy atom. The Labute approximate surface area is 94.4 Å². The van der Waals surface area contributed by atoms with E-state index in [2.05, 4.69) is 15.9 Å². The van der Waals surface area contributed by atoms with E-state index in [1.165, 1.54) is 12.1 Å². The van der Waals surface area contributed by atoms with Crippen molar-refractivity contribution in [3.63, 3.8) is 0 Å². The SMILES string of the molecule is Cc1c(S(=O)(=O)Cl)ccc(Cl)c1Br. The van der Waals surface area contributed by atoms with Gasteiger partial charge in [0.1, 0.15) is 0 Å². The molecule has 0 heterocycles. The van der Waals surface area contributed by atoms with Crippen molar-refractivity contribution in [2.24, 2.45) is 0 Å². The Bertz CT molecular complexity index is 442. The third kappa shape index (κ3) is 2.37. The molecule has 0 bridgehead atoms. The number of hydrogen-bond donors (Lipinski definition) is 0. The van der Waals surface area contributed by atoms with Gasteiger partial charge in [-0.05, 0) is 40.5 Å². The van der Waals surface area contributed by atoms with E-state index < -0.39 is 9.05 Å². The van der Waals surface area contributed by atoms with E-state index in [0.29, 0.717) is 15.1 Å². The maximum absolute atomic E-state index is 11.0. The lowest BCUT2D eigenvalue weighted by Crippen LogP contribution is -1.95. The molecule has 72 valence electrons. The molecule has 0 fully saturated rings. The van der Waals surface area contributed by atoms with E-state index in [9.17, 15) is 8.42 Å². The molecule has 0 spiro atoms. The minimum Gasteiger partial charge on any atom is -0.207 e. The third-order valence-corrected chi connectivity index (χ3v) is 4.58. The highest BCUT2D eigenvalue weighted by Crippen LogP contribution is 2.31. The van der Waals surface area contributed by atoms with Gasteiger partial charge >= 0.3 is 0 Å². The molecule has 0 aliphatic rings. The summed E-state index contributed by atoms with van der Waals surface area (Å²) in [5, 5.41) is 0.460. The summed E-state index contributed by atoms with van der Waals surface area (Å²) >= 11 is 8.92. The van der Waals surface area contributed by atoms with Gasteiger partial charge in [0.25, 0.3) is 9.05 Å². The van der Waals surface area contributed by atoms with Gasteiger partial charge in [-0.2, -0.15) is 0 Å². The quantitative estimate of drug-likeness (QED) is 0.746. The first kappa shape index (κ1) is 11.3. The van der Waals surface area contributed by atoms with Crippen molar-refractivity contribution in [1.82, 2.24) is 0 Å². The summed E-state index contributed by atoms with van der Waals surface area (Å²) in [7, 11) is 1.51. The van der Waals surface area contributed by atoms with Crippen molar-refractivity contribution in [3.8, 4) is 0 Å². The fraction of sp³-hybridized carbons (Fsp3) is 0.143. The van der Waals surface area contributed by atoms with E-state index >= 15 is 0 Å². The lowest BCUT2D eigenvalue weighted by Gasteiger charge is -2.05. The van der Waals surface area contributed by atoms with E-state index in [-0.39, 0.29) is 4.90 Å². The van der Waals surface area contributed by atoms with E-state index in [1.807, 2.05) is 0 Å². The molecule has 13 heavy (non-hydrogen) atoms. The lowest BCUT2D eigenvalue weighted by atomic mass is 10.2. The largest absolute Gasteiger partial charge is 0.261 e. The van der Waals surface area contributed by atoms with Gasteiger partial charge in [0.05, 0.1) is 9.92 Å². The Morgan fingerprint density at radius 3 is 2.38 bits per heavy atom. The molecule has 2 nitrogen and oxygen atoms in total. The first-order valence-corrected chi connectivity index (χ1v) is 6.71. The van der Waals surface area contributed by atoms with Crippen molar-refractivity contribution in [1.29, 1.82) is 0 Å². The first-order chi connectivity index (χ1) is 5.84. The van der Waals surface area contributed by atoms with Gasteiger partial charge in [-0.3, -0.25) is 0 Å². The van der Waals surface area contributed by atoms with Crippen LogP contribution in [0.1, 0.15) is 5.56 Å². The van der Waals surface area contributed by atoms with Crippen LogP contribution in [0, 0.1) is 6.92 Å². The molecule has 6 heteroatoms. The molecule has 0 unspecified atom stereocenters. The highest BCUT2D eigenvalue weighted by atomic mass is 79.9. The smallest absolute Gasteiger partial charge is 0.207 e. The molecule has 1 rings (SSSR count). The standard InChI is InChI=1S/C7H5BrCl2O2S/c1-4-6(13(10,11)12)3-2-5(9)7(4)8/h2-3H,1H3. The Morgan fingerprint density at radius 2 is 1.92 bits per heavy atom. The maximum Gasteiger partial charge on any atom is 0.261 e. The fourth-order valence-corrected chi connectivity index (χ4v) is 2.78. The van der Waals surface area contributed by atoms with E-state index in [4.69, 9.17) is 22.3 Å². The summed E-state index contributed by atoms with van der Waals surface area (Å²) in [6.45, 7) is 1.63. The first-order valence-electron chi connectivity index (χ1n) is 3.23. The molecule has 0 radical (unpaired) electrons. The Balaban J connectivity index is 3.53. The molecule has 0 aromatic heterocycles. The van der Waals surface area contributed by atoms with Crippen molar-refractivity contribution < 1.29 is 8.42 Å². The predicted molar refractivity (Wildman–Crippen MR) is 56.9 cm³/mol. The minimum absolute atomic E-state index is 0.0745. The second kappa shape index (κ2) is 3.77. The van der Waals surface area contributed by atoms with Crippen molar-refractivity contribution in [3.05, 3.63) is 27.2 Å². The Hall–Kier alpha value is 0.230. The number of rotatable bonds is 1. The van der Waals surface area contributed by atoms with Crippen LogP contribution in [0.3, 0.4) is 0 Å². The molecule has 0 N–H and O–H groups in total. The molecule has 0 amide bonds. The highest BCUT2D eigenvalue weighted by Gasteiger charge is 2.16. The summed E-state index contributed by atoms with van der Waals surface area (Å²) < 4.78 is 22.6. The van der Waals surface area contributed by atoms with Crippen LogP contribution >= 0.6 is 38.2 Å². The second-order valence-electron chi connectivity index (χ2n) is 2.42. The van der Waals surface area contributed by atoms with Gasteiger partial charge in [0.15, 0.2) is 0 Å². The third-order valence-electron chi connectivity index (χ3n) is 1.55. The van der Waals surface area contributed by atoms with Gasteiger partial charge in [0.2, 0.25) is 0 Å². The van der Waals surface area contributed by atoms with Crippen LogP contribution in [0.5, 0.6) is 0 Å². The van der Waals surface area contributed by atoms with Gasteiger partial charge in [-0.15, -0.1) is 0 Å². The van der Waals surface area contributed by atoms with Crippen LogP contribution in [0.4, 0.5) is 0 Å². The van der Waals surface area contributed by atoms with Gasteiger partial charge in [0, 0.05) is 15.2 Å². The van der Waals surface area contributed by atoms with Gasteiger partial charge < -0.3 is 0 Å². The summed E-state index contributed by atoms with van der Waals surface area (Å²) in [6.07, 6.45) is 0. The van der Waals surface area contributed by atoms with Crippen molar-refractivity contribution >= 4 is 47.3 Å². The summed E-state index contributed by atoms with van der Waals surface area (Å²) in [5.41, 5.74) is 0.516. The molecule has 0 aliphatic heterocycles. The summed E-state index contributed by atoms with van der Waals surface area (Å²) in [5.74, 6) is 0. The van der Waals surface area contributed by atoms with E-state index in [0.717, 1.165) is 0 Å². The average molecular weight is 304 g/mol. The molecular weight excluding hydrogens is 299 g/mol. The van der Waals surface area contributed by atoms with Crippen LogP contribution in [0.2, 0.25) is 5.02 Å². The zero-order valence-electron chi connectivity index (χ0n) is 6.51. The van der Waals surface area contributed by atoms with Crippen LogP contribution in [-0.4, -0.2) is 8.42 Å². The molecule has 0 aliphatic carbocycles. The zero-order chi connectivity index (χ0) is 10.2. The van der Waals surface area contributed by atoms with Gasteiger partial charge in [-0.1, -0.05) is 11.6 Å². The Kier molecular flexibility index (Phi) is 3.28. The molecule has 1 aromatic carbocycles. The molecular formula is C7H5BrCl2O2S. The van der Waals surface area contributed by atoms with Crippen LogP contribution in [0.15, 0.2) is 21.5 Å². The van der Waals surface area contributed by atoms with Gasteiger partial charge in [-0.25, -0.2) is 8.42 Å². The van der Waals surface area contributed by atoms with E-state index in [1.54, 1.807) is 6.92 Å². The summed E-state index contributed by atoms with van der Waals surface area (Å²) in [6, 6.07) is 2.86. The van der Waals surface area contributed by atoms with Crippen molar-refractivity contribution in [2.45, 2.75) is 11.8 Å². The minimum atomic E-state index is -3.69. The topological polar surface area (TPSA) is 34.1 Å². The fourth-order valence-electron chi connectivity index (χ4n) is 0.898. The monoisotopic (exact) mass is 302 g/mol.